The zero-order valence-corrected chi connectivity index (χ0v) is 26.9. The van der Waals surface area contributed by atoms with Crippen molar-refractivity contribution in [2.45, 2.75) is 6.92 Å². The predicted octanol–water partition coefficient (Wildman–Crippen LogP) is 10.6. The summed E-state index contributed by atoms with van der Waals surface area (Å²) < 4.78 is 0. The van der Waals surface area contributed by atoms with Gasteiger partial charge in [-0.2, -0.15) is 0 Å². The third-order valence-electron chi connectivity index (χ3n) is 8.47. The van der Waals surface area contributed by atoms with E-state index in [1.165, 1.54) is 0 Å². The lowest BCUT2D eigenvalue weighted by atomic mass is 10.0. The van der Waals surface area contributed by atoms with Gasteiger partial charge in [0.25, 0.3) is 0 Å². The average molecular weight is 630 g/mol. The van der Waals surface area contributed by atoms with Gasteiger partial charge < -0.3 is 0 Å². The molecule has 5 nitrogen and oxygen atoms in total. The molecule has 4 aromatic carbocycles. The molecule has 5 heteroatoms. The van der Waals surface area contributed by atoms with Crippen LogP contribution in [0.15, 0.2) is 170 Å². The first-order valence-corrected chi connectivity index (χ1v) is 16.2. The van der Waals surface area contributed by atoms with Crippen LogP contribution in [0.25, 0.3) is 78.9 Å². The van der Waals surface area contributed by atoms with Crippen LogP contribution in [0.4, 0.5) is 0 Å². The van der Waals surface area contributed by atoms with Crippen molar-refractivity contribution in [1.82, 2.24) is 24.9 Å². The number of nitrogens with zero attached hydrogens (tertiary/aromatic N) is 5. The summed E-state index contributed by atoms with van der Waals surface area (Å²) in [5.41, 5.74) is 13.4. The highest BCUT2D eigenvalue weighted by atomic mass is 14.9. The summed E-state index contributed by atoms with van der Waals surface area (Å²) in [6, 6.07) is 53.6. The number of aryl methyl sites for hydroxylation is 1. The lowest BCUT2D eigenvalue weighted by molar-refractivity contribution is 1.18. The van der Waals surface area contributed by atoms with E-state index in [9.17, 15) is 0 Å². The van der Waals surface area contributed by atoms with E-state index in [1.54, 1.807) is 0 Å². The summed E-state index contributed by atoms with van der Waals surface area (Å²) in [7, 11) is 0. The fourth-order valence-corrected chi connectivity index (χ4v) is 5.83. The largest absolute Gasteiger partial charge is 0.254 e. The van der Waals surface area contributed by atoms with Crippen LogP contribution in [0.5, 0.6) is 0 Å². The molecule has 4 heterocycles. The number of hydrogen-bond donors (Lipinski definition) is 0. The van der Waals surface area contributed by atoms with Crippen LogP contribution in [0.2, 0.25) is 0 Å². The second-order valence-corrected chi connectivity index (χ2v) is 11.9. The van der Waals surface area contributed by atoms with Crippen molar-refractivity contribution in [2.24, 2.45) is 0 Å². The standard InChI is InChI=1S/C44H31N5/c1-30-17-23-38(45-28-30)42-25-37(31-11-5-2-6-12-31)26-43(47-42)39-24-22-36(29-46-39)32-18-20-34(21-19-32)41-27-40(33-13-7-3-8-14-33)48-44(49-41)35-15-9-4-10-16-35/h2-29H,1H3. The zero-order valence-electron chi connectivity index (χ0n) is 26.9. The van der Waals surface area contributed by atoms with Crippen LogP contribution in [-0.2, 0) is 0 Å². The molecule has 4 aromatic heterocycles. The maximum Gasteiger partial charge on any atom is 0.160 e. The van der Waals surface area contributed by atoms with E-state index in [4.69, 9.17) is 19.9 Å². The van der Waals surface area contributed by atoms with E-state index >= 15 is 0 Å². The van der Waals surface area contributed by atoms with E-state index in [0.29, 0.717) is 5.82 Å². The lowest BCUT2D eigenvalue weighted by Crippen LogP contribution is -1.96. The molecule has 49 heavy (non-hydrogen) atoms. The first kappa shape index (κ1) is 29.8. The van der Waals surface area contributed by atoms with Crippen molar-refractivity contribution in [3.05, 3.63) is 176 Å². The Hall–Kier alpha value is -6.59. The Morgan fingerprint density at radius 1 is 0.306 bits per heavy atom. The lowest BCUT2D eigenvalue weighted by Gasteiger charge is -2.11. The number of pyridine rings is 3. The molecule has 0 aliphatic rings. The average Bonchev–Trinajstić information content (AvgIpc) is 3.19. The molecule has 0 fully saturated rings. The van der Waals surface area contributed by atoms with Crippen molar-refractivity contribution in [2.75, 3.05) is 0 Å². The van der Waals surface area contributed by atoms with Crippen molar-refractivity contribution in [3.8, 4) is 78.9 Å². The molecule has 0 aliphatic heterocycles. The normalized spacial score (nSPS) is 11.0. The van der Waals surface area contributed by atoms with Crippen molar-refractivity contribution in [1.29, 1.82) is 0 Å². The fourth-order valence-electron chi connectivity index (χ4n) is 5.83. The van der Waals surface area contributed by atoms with E-state index in [1.807, 2.05) is 98.2 Å². The van der Waals surface area contributed by atoms with E-state index in [-0.39, 0.29) is 0 Å². The van der Waals surface area contributed by atoms with Gasteiger partial charge in [0.15, 0.2) is 5.82 Å². The summed E-state index contributed by atoms with van der Waals surface area (Å²) in [5.74, 6) is 0.701. The SMILES string of the molecule is Cc1ccc(-c2cc(-c3ccccc3)cc(-c3ccc(-c4ccc(-c5cc(-c6ccccc6)nc(-c6ccccc6)n5)cc4)cn3)n2)nc1. The van der Waals surface area contributed by atoms with Gasteiger partial charge >= 0.3 is 0 Å². The summed E-state index contributed by atoms with van der Waals surface area (Å²) in [5, 5.41) is 0. The van der Waals surface area contributed by atoms with E-state index in [0.717, 1.165) is 78.7 Å². The number of benzene rings is 4. The molecule has 0 N–H and O–H groups in total. The summed E-state index contributed by atoms with van der Waals surface area (Å²) in [4.78, 5) is 24.4. The van der Waals surface area contributed by atoms with Gasteiger partial charge in [0.2, 0.25) is 0 Å². The molecule has 0 atom stereocenters. The van der Waals surface area contributed by atoms with Crippen LogP contribution in [-0.4, -0.2) is 24.9 Å². The molecular weight excluding hydrogens is 599 g/mol. The Kier molecular flexibility index (Phi) is 8.06. The highest BCUT2D eigenvalue weighted by Gasteiger charge is 2.13. The smallest absolute Gasteiger partial charge is 0.160 e. The molecule has 8 aromatic rings. The molecule has 0 bridgehead atoms. The Morgan fingerprint density at radius 3 is 1.33 bits per heavy atom. The fraction of sp³-hybridized carbons (Fsp3) is 0.0227. The maximum atomic E-state index is 5.00. The number of hydrogen-bond acceptors (Lipinski definition) is 5. The second kappa shape index (κ2) is 13.3. The third kappa shape index (κ3) is 6.51. The summed E-state index contributed by atoms with van der Waals surface area (Å²) in [6.45, 7) is 2.04. The highest BCUT2D eigenvalue weighted by molar-refractivity contribution is 5.77. The topological polar surface area (TPSA) is 64.5 Å². The molecular formula is C44H31N5. The van der Waals surface area contributed by atoms with Gasteiger partial charge in [-0.15, -0.1) is 0 Å². The van der Waals surface area contributed by atoms with Crippen LogP contribution >= 0.6 is 0 Å². The first-order chi connectivity index (χ1) is 24.2. The van der Waals surface area contributed by atoms with Crippen LogP contribution in [0, 0.1) is 6.92 Å². The van der Waals surface area contributed by atoms with Gasteiger partial charge in [-0.25, -0.2) is 15.0 Å². The Bertz CT molecular complexity index is 2280. The third-order valence-corrected chi connectivity index (χ3v) is 8.47. The molecule has 8 rings (SSSR count). The van der Waals surface area contributed by atoms with Gasteiger partial charge in [-0.3, -0.25) is 9.97 Å². The molecule has 0 saturated heterocycles. The highest BCUT2D eigenvalue weighted by Crippen LogP contribution is 2.32. The minimum atomic E-state index is 0.701. The van der Waals surface area contributed by atoms with Crippen LogP contribution in [0.1, 0.15) is 5.56 Å². The van der Waals surface area contributed by atoms with Crippen molar-refractivity contribution in [3.63, 3.8) is 0 Å². The van der Waals surface area contributed by atoms with Crippen LogP contribution < -0.4 is 0 Å². The van der Waals surface area contributed by atoms with Crippen molar-refractivity contribution < 1.29 is 0 Å². The van der Waals surface area contributed by atoms with Crippen molar-refractivity contribution >= 4 is 0 Å². The van der Waals surface area contributed by atoms with Gasteiger partial charge in [-0.05, 0) is 59.5 Å². The molecule has 0 radical (unpaired) electrons. The predicted molar refractivity (Wildman–Crippen MR) is 198 cm³/mol. The quantitative estimate of drug-likeness (QED) is 0.175. The molecule has 0 amide bonds. The summed E-state index contributed by atoms with van der Waals surface area (Å²) >= 11 is 0. The minimum absolute atomic E-state index is 0.701. The minimum Gasteiger partial charge on any atom is -0.254 e. The zero-order chi connectivity index (χ0) is 33.0. The molecule has 0 aliphatic carbocycles. The number of rotatable bonds is 7. The Labute approximate surface area is 285 Å². The van der Waals surface area contributed by atoms with E-state index < -0.39 is 0 Å². The second-order valence-electron chi connectivity index (χ2n) is 11.9. The Balaban J connectivity index is 1.11. The van der Waals surface area contributed by atoms with E-state index in [2.05, 4.69) is 83.8 Å². The van der Waals surface area contributed by atoms with Gasteiger partial charge in [0, 0.05) is 34.6 Å². The Morgan fingerprint density at radius 2 is 0.776 bits per heavy atom. The van der Waals surface area contributed by atoms with Crippen LogP contribution in [0.3, 0.4) is 0 Å². The monoisotopic (exact) mass is 629 g/mol. The maximum absolute atomic E-state index is 5.00. The van der Waals surface area contributed by atoms with Gasteiger partial charge in [0.1, 0.15) is 0 Å². The van der Waals surface area contributed by atoms with Gasteiger partial charge in [0.05, 0.1) is 34.2 Å². The molecule has 0 saturated carbocycles. The molecule has 0 spiro atoms. The molecule has 0 unspecified atom stereocenters. The first-order valence-electron chi connectivity index (χ1n) is 16.2. The number of aromatic nitrogens is 5. The molecule has 232 valence electrons. The van der Waals surface area contributed by atoms with Gasteiger partial charge in [-0.1, -0.05) is 127 Å². The summed E-state index contributed by atoms with van der Waals surface area (Å²) in [6.07, 6.45) is 3.79.